The Morgan fingerprint density at radius 3 is 2.95 bits per heavy atom. The summed E-state index contributed by atoms with van der Waals surface area (Å²) < 4.78 is 0. The quantitative estimate of drug-likeness (QED) is 0.831. The van der Waals surface area contributed by atoms with Crippen molar-refractivity contribution in [2.75, 3.05) is 17.6 Å². The van der Waals surface area contributed by atoms with Crippen molar-refractivity contribution in [3.63, 3.8) is 0 Å². The van der Waals surface area contributed by atoms with Crippen LogP contribution in [-0.2, 0) is 4.79 Å². The molecular weight excluding hydrogens is 250 g/mol. The second-order valence-electron chi connectivity index (χ2n) is 5.68. The summed E-state index contributed by atoms with van der Waals surface area (Å²) >= 11 is 0. The van der Waals surface area contributed by atoms with Crippen molar-refractivity contribution < 1.29 is 4.79 Å². The molecule has 2 atom stereocenters. The molecule has 1 aliphatic heterocycles. The van der Waals surface area contributed by atoms with Crippen molar-refractivity contribution in [3.8, 4) is 0 Å². The summed E-state index contributed by atoms with van der Waals surface area (Å²) in [6.07, 6.45) is 3.50. The zero-order chi connectivity index (χ0) is 14.7. The normalized spacial score (nSPS) is 20.9. The van der Waals surface area contributed by atoms with Crippen molar-refractivity contribution in [1.29, 1.82) is 0 Å². The van der Waals surface area contributed by atoms with Crippen molar-refractivity contribution >= 4 is 17.3 Å². The third-order valence-electron chi connectivity index (χ3n) is 4.28. The minimum absolute atomic E-state index is 0.0678. The number of benzene rings is 1. The Labute approximate surface area is 121 Å². The minimum Gasteiger partial charge on any atom is -0.399 e. The molecule has 110 valence electrons. The van der Waals surface area contributed by atoms with Gasteiger partial charge in [0, 0.05) is 17.4 Å². The largest absolute Gasteiger partial charge is 0.399 e. The maximum atomic E-state index is 12.4. The Morgan fingerprint density at radius 1 is 1.55 bits per heavy atom. The van der Waals surface area contributed by atoms with Gasteiger partial charge in [-0.1, -0.05) is 6.92 Å². The topological polar surface area (TPSA) is 58.4 Å². The fraction of sp³-hybridized carbons (Fsp3) is 0.562. The van der Waals surface area contributed by atoms with Crippen LogP contribution in [0.25, 0.3) is 0 Å². The molecule has 1 aliphatic rings. The molecule has 0 bridgehead atoms. The van der Waals surface area contributed by atoms with Crippen molar-refractivity contribution in [3.05, 3.63) is 23.8 Å². The lowest BCUT2D eigenvalue weighted by Crippen LogP contribution is -2.44. The van der Waals surface area contributed by atoms with Gasteiger partial charge in [-0.05, 0) is 63.4 Å². The van der Waals surface area contributed by atoms with E-state index in [0.717, 1.165) is 29.9 Å². The molecule has 1 saturated heterocycles. The van der Waals surface area contributed by atoms with E-state index in [9.17, 15) is 4.79 Å². The summed E-state index contributed by atoms with van der Waals surface area (Å²) in [4.78, 5) is 14.7. The second kappa shape index (κ2) is 6.27. The van der Waals surface area contributed by atoms with Gasteiger partial charge in [-0.2, -0.15) is 0 Å². The summed E-state index contributed by atoms with van der Waals surface area (Å²) in [6.45, 7) is 7.17. The summed E-state index contributed by atoms with van der Waals surface area (Å²) in [5, 5.41) is 3.02. The third kappa shape index (κ3) is 3.12. The smallest absolute Gasteiger partial charge is 0.241 e. The maximum absolute atomic E-state index is 12.4. The van der Waals surface area contributed by atoms with Crippen LogP contribution in [-0.4, -0.2) is 29.4 Å². The number of nitrogen functional groups attached to an aromatic ring is 1. The molecule has 0 spiro atoms. The molecule has 1 fully saturated rings. The number of anilines is 2. The molecule has 20 heavy (non-hydrogen) atoms. The molecule has 4 heteroatoms. The van der Waals surface area contributed by atoms with Crippen LogP contribution >= 0.6 is 0 Å². The summed E-state index contributed by atoms with van der Waals surface area (Å²) in [6, 6.07) is 6.03. The molecule has 1 aromatic rings. The second-order valence-corrected chi connectivity index (χ2v) is 5.68. The minimum atomic E-state index is -0.0839. The monoisotopic (exact) mass is 275 g/mol. The number of hydrogen-bond donors (Lipinski definition) is 2. The average molecular weight is 275 g/mol. The lowest BCUT2D eigenvalue weighted by Gasteiger charge is -2.29. The first-order chi connectivity index (χ1) is 9.52. The van der Waals surface area contributed by atoms with E-state index in [1.165, 1.54) is 12.8 Å². The molecule has 3 N–H and O–H groups in total. The number of carbonyl (C=O) groups excluding carboxylic acids is 1. The highest BCUT2D eigenvalue weighted by atomic mass is 16.2. The number of rotatable bonds is 4. The van der Waals surface area contributed by atoms with E-state index in [1.807, 2.05) is 32.0 Å². The number of nitrogens with two attached hydrogens (primary N) is 1. The van der Waals surface area contributed by atoms with E-state index in [4.69, 9.17) is 5.73 Å². The molecule has 0 radical (unpaired) electrons. The van der Waals surface area contributed by atoms with Crippen LogP contribution in [0.15, 0.2) is 18.2 Å². The molecule has 2 rings (SSSR count). The van der Waals surface area contributed by atoms with Crippen LogP contribution in [0.3, 0.4) is 0 Å². The van der Waals surface area contributed by atoms with Crippen LogP contribution in [0.5, 0.6) is 0 Å². The van der Waals surface area contributed by atoms with Gasteiger partial charge in [0.1, 0.15) is 0 Å². The highest BCUT2D eigenvalue weighted by Gasteiger charge is 2.30. The molecule has 4 nitrogen and oxygen atoms in total. The molecule has 0 aliphatic carbocycles. The lowest BCUT2D eigenvalue weighted by atomic mass is 10.1. The van der Waals surface area contributed by atoms with E-state index in [-0.39, 0.29) is 11.9 Å². The van der Waals surface area contributed by atoms with Crippen LogP contribution in [0.2, 0.25) is 0 Å². The molecule has 1 amide bonds. The number of likely N-dealkylation sites (tertiary alicyclic amines) is 1. The van der Waals surface area contributed by atoms with Crippen LogP contribution in [0.1, 0.15) is 38.7 Å². The number of hydrogen-bond acceptors (Lipinski definition) is 3. The van der Waals surface area contributed by atoms with Gasteiger partial charge in [-0.25, -0.2) is 0 Å². The van der Waals surface area contributed by atoms with Crippen LogP contribution in [0.4, 0.5) is 11.4 Å². The predicted octanol–water partition coefficient (Wildman–Crippen LogP) is 2.78. The fourth-order valence-electron chi connectivity index (χ4n) is 3.02. The lowest BCUT2D eigenvalue weighted by molar-refractivity contribution is -0.121. The van der Waals surface area contributed by atoms with E-state index in [2.05, 4.69) is 17.1 Å². The Hall–Kier alpha value is -1.55. The standard InChI is InChI=1S/C16H25N3O/c1-4-14-6-5-9-19(14)12(3)16(20)18-15-8-7-13(17)10-11(15)2/h7-8,10,12,14H,4-6,9,17H2,1-3H3,(H,18,20). The van der Waals surface area contributed by atoms with Crippen LogP contribution < -0.4 is 11.1 Å². The zero-order valence-electron chi connectivity index (χ0n) is 12.6. The highest BCUT2D eigenvalue weighted by Crippen LogP contribution is 2.24. The number of nitrogens with one attached hydrogen (secondary N) is 1. The van der Waals surface area contributed by atoms with Crippen LogP contribution in [0, 0.1) is 6.92 Å². The Bertz CT molecular complexity index is 487. The van der Waals surface area contributed by atoms with E-state index in [1.54, 1.807) is 0 Å². The van der Waals surface area contributed by atoms with Gasteiger partial charge >= 0.3 is 0 Å². The van der Waals surface area contributed by atoms with Gasteiger partial charge < -0.3 is 11.1 Å². The van der Waals surface area contributed by atoms with E-state index < -0.39 is 0 Å². The number of carbonyl (C=O) groups is 1. The third-order valence-corrected chi connectivity index (χ3v) is 4.28. The molecule has 0 saturated carbocycles. The van der Waals surface area contributed by atoms with Gasteiger partial charge in [0.15, 0.2) is 0 Å². The first-order valence-corrected chi connectivity index (χ1v) is 7.45. The van der Waals surface area contributed by atoms with E-state index >= 15 is 0 Å². The molecular formula is C16H25N3O. The number of nitrogens with zero attached hydrogens (tertiary/aromatic N) is 1. The van der Waals surface area contributed by atoms with Gasteiger partial charge in [-0.15, -0.1) is 0 Å². The van der Waals surface area contributed by atoms with E-state index in [0.29, 0.717) is 6.04 Å². The number of aryl methyl sites for hydroxylation is 1. The fourth-order valence-corrected chi connectivity index (χ4v) is 3.02. The van der Waals surface area contributed by atoms with Gasteiger partial charge in [0.25, 0.3) is 0 Å². The predicted molar refractivity (Wildman–Crippen MR) is 83.7 cm³/mol. The zero-order valence-corrected chi connectivity index (χ0v) is 12.6. The van der Waals surface area contributed by atoms with Crippen molar-refractivity contribution in [2.45, 2.75) is 52.1 Å². The molecule has 1 heterocycles. The summed E-state index contributed by atoms with van der Waals surface area (Å²) in [5.74, 6) is 0.0678. The van der Waals surface area contributed by atoms with Gasteiger partial charge in [0.05, 0.1) is 6.04 Å². The first-order valence-electron chi connectivity index (χ1n) is 7.45. The average Bonchev–Trinajstić information content (AvgIpc) is 2.89. The van der Waals surface area contributed by atoms with Crippen molar-refractivity contribution in [2.24, 2.45) is 0 Å². The molecule has 1 aromatic carbocycles. The Kier molecular flexibility index (Phi) is 4.65. The highest BCUT2D eigenvalue weighted by molar-refractivity contribution is 5.95. The molecule has 0 aromatic heterocycles. The summed E-state index contributed by atoms with van der Waals surface area (Å²) in [5.41, 5.74) is 8.30. The Morgan fingerprint density at radius 2 is 2.30 bits per heavy atom. The van der Waals surface area contributed by atoms with Gasteiger partial charge in [-0.3, -0.25) is 9.69 Å². The molecule has 2 unspecified atom stereocenters. The Balaban J connectivity index is 2.04. The SMILES string of the molecule is CCC1CCCN1C(C)C(=O)Nc1ccc(N)cc1C. The maximum Gasteiger partial charge on any atom is 0.241 e. The first kappa shape index (κ1) is 14.9. The summed E-state index contributed by atoms with van der Waals surface area (Å²) in [7, 11) is 0. The number of amides is 1. The van der Waals surface area contributed by atoms with Crippen molar-refractivity contribution in [1.82, 2.24) is 4.90 Å². The van der Waals surface area contributed by atoms with Gasteiger partial charge in [0.2, 0.25) is 5.91 Å².